The Morgan fingerprint density at radius 3 is 2.94 bits per heavy atom. The highest BCUT2D eigenvalue weighted by Gasteiger charge is 2.09. The van der Waals surface area contributed by atoms with Crippen molar-refractivity contribution in [1.29, 1.82) is 0 Å². The normalized spacial score (nSPS) is 10.3. The molecule has 0 saturated carbocycles. The number of nitrogens with one attached hydrogen (secondary N) is 1. The zero-order chi connectivity index (χ0) is 13.1. The largest absolute Gasteiger partial charge is 0.476 e. The number of carbonyl (C=O) groups is 1. The maximum absolute atomic E-state index is 10.7. The van der Waals surface area contributed by atoms with Gasteiger partial charge in [0.25, 0.3) is 0 Å². The minimum atomic E-state index is -0.993. The molecule has 1 aromatic heterocycles. The van der Waals surface area contributed by atoms with E-state index >= 15 is 0 Å². The van der Waals surface area contributed by atoms with Gasteiger partial charge in [-0.25, -0.2) is 9.78 Å². The van der Waals surface area contributed by atoms with E-state index in [2.05, 4.69) is 32.9 Å². The van der Waals surface area contributed by atoms with Crippen LogP contribution in [0.3, 0.4) is 0 Å². The van der Waals surface area contributed by atoms with E-state index in [1.807, 2.05) is 12.1 Å². The van der Waals surface area contributed by atoms with Crippen molar-refractivity contribution in [1.82, 2.24) is 4.98 Å². The molecule has 0 spiro atoms. The Morgan fingerprint density at radius 1 is 1.56 bits per heavy atom. The van der Waals surface area contributed by atoms with Gasteiger partial charge in [-0.15, -0.1) is 11.3 Å². The quantitative estimate of drug-likeness (QED) is 0.776. The lowest BCUT2D eigenvalue weighted by molar-refractivity contribution is 0.0696. The van der Waals surface area contributed by atoms with Crippen molar-refractivity contribution in [3.05, 3.63) is 42.9 Å². The van der Waals surface area contributed by atoms with E-state index in [1.54, 1.807) is 11.4 Å². The molecule has 0 bridgehead atoms. The van der Waals surface area contributed by atoms with Crippen molar-refractivity contribution >= 4 is 57.2 Å². The van der Waals surface area contributed by atoms with Crippen molar-refractivity contribution in [2.75, 3.05) is 5.32 Å². The van der Waals surface area contributed by atoms with Crippen LogP contribution in [0.5, 0.6) is 0 Å². The summed E-state index contributed by atoms with van der Waals surface area (Å²) < 4.78 is 1.01. The van der Waals surface area contributed by atoms with Crippen molar-refractivity contribution in [3.8, 4) is 0 Å². The Kier molecular flexibility index (Phi) is 4.41. The van der Waals surface area contributed by atoms with Gasteiger partial charge in [0.05, 0.1) is 12.2 Å². The van der Waals surface area contributed by atoms with Crippen LogP contribution in [0.4, 0.5) is 5.69 Å². The summed E-state index contributed by atoms with van der Waals surface area (Å²) >= 11 is 9.18. The topological polar surface area (TPSA) is 62.2 Å². The van der Waals surface area contributed by atoms with E-state index < -0.39 is 5.97 Å². The van der Waals surface area contributed by atoms with E-state index in [4.69, 9.17) is 16.7 Å². The minimum absolute atomic E-state index is 0.109. The molecule has 0 saturated heterocycles. The molecule has 0 aliphatic heterocycles. The third-order valence-electron chi connectivity index (χ3n) is 2.13. The number of hydrogen-bond donors (Lipinski definition) is 2. The summed E-state index contributed by atoms with van der Waals surface area (Å²) in [6, 6.07) is 5.54. The number of nitrogens with zero attached hydrogens (tertiary/aromatic N) is 1. The van der Waals surface area contributed by atoms with Gasteiger partial charge in [-0.3, -0.25) is 0 Å². The predicted molar refractivity (Wildman–Crippen MR) is 80.6 cm³/mol. The van der Waals surface area contributed by atoms with E-state index in [-0.39, 0.29) is 5.01 Å². The first kappa shape index (κ1) is 13.6. The molecule has 0 aliphatic rings. The number of anilines is 1. The van der Waals surface area contributed by atoms with Gasteiger partial charge in [-0.2, -0.15) is 0 Å². The van der Waals surface area contributed by atoms with Crippen LogP contribution in [0.25, 0.3) is 0 Å². The lowest BCUT2D eigenvalue weighted by Crippen LogP contribution is -2.02. The summed E-state index contributed by atoms with van der Waals surface area (Å²) in [6.07, 6.45) is 0. The fourth-order valence-electron chi connectivity index (χ4n) is 1.31. The molecule has 0 atom stereocenters. The summed E-state index contributed by atoms with van der Waals surface area (Å²) in [5.41, 5.74) is 1.66. The van der Waals surface area contributed by atoms with Gasteiger partial charge in [0.15, 0.2) is 0 Å². The molecule has 2 N–H and O–H groups in total. The molecule has 0 unspecified atom stereocenters. The number of carboxylic acids is 1. The zero-order valence-electron chi connectivity index (χ0n) is 8.98. The Balaban J connectivity index is 2.04. The number of thiazole rings is 1. The molecule has 94 valence electrons. The molecule has 18 heavy (non-hydrogen) atoms. The van der Waals surface area contributed by atoms with Gasteiger partial charge >= 0.3 is 5.97 Å². The summed E-state index contributed by atoms with van der Waals surface area (Å²) in [7, 11) is 0. The first-order chi connectivity index (χ1) is 8.56. The van der Waals surface area contributed by atoms with Crippen LogP contribution in [-0.4, -0.2) is 16.1 Å². The molecule has 1 heterocycles. The molecular formula is C11H8ClIN2O2S. The number of aromatic nitrogens is 1. The molecule has 0 fully saturated rings. The molecule has 0 aliphatic carbocycles. The summed E-state index contributed by atoms with van der Waals surface area (Å²) in [5, 5.41) is 14.5. The second-order valence-corrected chi connectivity index (χ2v) is 5.88. The highest BCUT2D eigenvalue weighted by atomic mass is 127. The first-order valence-electron chi connectivity index (χ1n) is 4.93. The van der Waals surface area contributed by atoms with Crippen molar-refractivity contribution in [2.24, 2.45) is 0 Å². The van der Waals surface area contributed by atoms with Crippen LogP contribution in [0.15, 0.2) is 23.6 Å². The van der Waals surface area contributed by atoms with Gasteiger partial charge in [0.2, 0.25) is 5.01 Å². The van der Waals surface area contributed by atoms with Crippen LogP contribution >= 0.6 is 45.5 Å². The SMILES string of the molecule is O=C(O)c1nc(CNc2ccc(Cl)cc2I)cs1. The molecule has 7 heteroatoms. The maximum atomic E-state index is 10.7. The number of aromatic carboxylic acids is 1. The van der Waals surface area contributed by atoms with Crippen molar-refractivity contribution in [2.45, 2.75) is 6.54 Å². The second-order valence-electron chi connectivity index (χ2n) is 3.43. The Morgan fingerprint density at radius 2 is 2.33 bits per heavy atom. The molecular weight excluding hydrogens is 387 g/mol. The van der Waals surface area contributed by atoms with Crippen LogP contribution < -0.4 is 5.32 Å². The zero-order valence-corrected chi connectivity index (χ0v) is 12.7. The van der Waals surface area contributed by atoms with Gasteiger partial charge in [-0.1, -0.05) is 11.6 Å². The summed E-state index contributed by atoms with van der Waals surface area (Å²) in [5.74, 6) is -0.993. The second kappa shape index (κ2) is 5.85. The maximum Gasteiger partial charge on any atom is 0.365 e. The first-order valence-corrected chi connectivity index (χ1v) is 7.26. The fraction of sp³-hybridized carbons (Fsp3) is 0.0909. The Bertz CT molecular complexity index is 588. The standard InChI is InChI=1S/C11H8ClIN2O2S/c12-6-1-2-9(8(13)3-6)14-4-7-5-18-10(15-7)11(16)17/h1-3,5,14H,4H2,(H,16,17). The Hall–Kier alpha value is -0.860. The van der Waals surface area contributed by atoms with Gasteiger partial charge in [0.1, 0.15) is 0 Å². The van der Waals surface area contributed by atoms with Crippen LogP contribution in [-0.2, 0) is 6.54 Å². The highest BCUT2D eigenvalue weighted by Crippen LogP contribution is 2.23. The highest BCUT2D eigenvalue weighted by molar-refractivity contribution is 14.1. The van der Waals surface area contributed by atoms with Crippen LogP contribution in [0, 0.1) is 3.57 Å². The Labute approximate surface area is 126 Å². The molecule has 2 aromatic rings. The number of benzene rings is 1. The molecule has 0 amide bonds. The van der Waals surface area contributed by atoms with Gasteiger partial charge < -0.3 is 10.4 Å². The molecule has 2 rings (SSSR count). The number of halogens is 2. The fourth-order valence-corrected chi connectivity index (χ4v) is 3.02. The van der Waals surface area contributed by atoms with E-state index in [0.717, 1.165) is 20.6 Å². The molecule has 0 radical (unpaired) electrons. The third-order valence-corrected chi connectivity index (χ3v) is 4.13. The molecule has 4 nitrogen and oxygen atoms in total. The van der Waals surface area contributed by atoms with Gasteiger partial charge in [-0.05, 0) is 40.8 Å². The molecule has 1 aromatic carbocycles. The third kappa shape index (κ3) is 3.33. The van der Waals surface area contributed by atoms with E-state index in [0.29, 0.717) is 17.3 Å². The number of carboxylic acid groups (broad SMARTS) is 1. The van der Waals surface area contributed by atoms with Crippen LogP contribution in [0.1, 0.15) is 15.5 Å². The monoisotopic (exact) mass is 394 g/mol. The van der Waals surface area contributed by atoms with Crippen molar-refractivity contribution in [3.63, 3.8) is 0 Å². The smallest absolute Gasteiger partial charge is 0.365 e. The predicted octanol–water partition coefficient (Wildman–Crippen LogP) is 3.71. The van der Waals surface area contributed by atoms with Gasteiger partial charge in [0, 0.05) is 19.7 Å². The average molecular weight is 395 g/mol. The van der Waals surface area contributed by atoms with Crippen molar-refractivity contribution < 1.29 is 9.90 Å². The minimum Gasteiger partial charge on any atom is -0.476 e. The summed E-state index contributed by atoms with van der Waals surface area (Å²) in [4.78, 5) is 14.7. The summed E-state index contributed by atoms with van der Waals surface area (Å²) in [6.45, 7) is 0.488. The lowest BCUT2D eigenvalue weighted by Gasteiger charge is -2.07. The van der Waals surface area contributed by atoms with E-state index in [1.165, 1.54) is 0 Å². The number of rotatable bonds is 4. The van der Waals surface area contributed by atoms with E-state index in [9.17, 15) is 4.79 Å². The lowest BCUT2D eigenvalue weighted by atomic mass is 10.3. The van der Waals surface area contributed by atoms with Crippen LogP contribution in [0.2, 0.25) is 5.02 Å². The number of hydrogen-bond acceptors (Lipinski definition) is 4. The average Bonchev–Trinajstić information content (AvgIpc) is 2.76.